The van der Waals surface area contributed by atoms with Crippen LogP contribution in [0, 0.1) is 0 Å². The molecule has 2 N–H and O–H groups in total. The SMILES string of the molecule is O=C(NN=Cc1ccccc1O)C1CN(S(=O)(=O)c2ccccc2)CCN1S(=O)(=O)c1ccccc1. The number of carbonyl (C=O) groups is 1. The maximum Gasteiger partial charge on any atom is 0.259 e. The number of carbonyl (C=O) groups excluding carboxylic acids is 1. The van der Waals surface area contributed by atoms with Crippen LogP contribution in [0.25, 0.3) is 0 Å². The number of hydrogen-bond acceptors (Lipinski definition) is 7. The Kier molecular flexibility index (Phi) is 7.50. The molecular formula is C24H24N4O6S2. The Morgan fingerprint density at radius 1 is 0.833 bits per heavy atom. The van der Waals surface area contributed by atoms with Gasteiger partial charge < -0.3 is 5.11 Å². The van der Waals surface area contributed by atoms with Gasteiger partial charge in [-0.05, 0) is 36.4 Å². The van der Waals surface area contributed by atoms with E-state index in [9.17, 15) is 26.7 Å². The highest BCUT2D eigenvalue weighted by molar-refractivity contribution is 7.89. The molecule has 4 rings (SSSR count). The smallest absolute Gasteiger partial charge is 0.259 e. The van der Waals surface area contributed by atoms with E-state index in [1.165, 1.54) is 36.5 Å². The van der Waals surface area contributed by atoms with E-state index < -0.39 is 38.5 Å². The number of phenols is 1. The molecule has 1 saturated heterocycles. The Morgan fingerprint density at radius 3 is 2.00 bits per heavy atom. The van der Waals surface area contributed by atoms with Crippen LogP contribution in [-0.4, -0.2) is 68.4 Å². The van der Waals surface area contributed by atoms with Crippen LogP contribution >= 0.6 is 0 Å². The first kappa shape index (κ1) is 25.5. The van der Waals surface area contributed by atoms with E-state index in [0.29, 0.717) is 5.56 Å². The average molecular weight is 529 g/mol. The average Bonchev–Trinajstić information content (AvgIpc) is 2.90. The Balaban J connectivity index is 1.63. The zero-order valence-corrected chi connectivity index (χ0v) is 20.6. The lowest BCUT2D eigenvalue weighted by atomic mass is 10.2. The van der Waals surface area contributed by atoms with Crippen molar-refractivity contribution < 1.29 is 26.7 Å². The lowest BCUT2D eigenvalue weighted by Crippen LogP contribution is -2.60. The molecule has 0 aliphatic carbocycles. The highest BCUT2D eigenvalue weighted by Crippen LogP contribution is 2.25. The number of benzene rings is 3. The van der Waals surface area contributed by atoms with Gasteiger partial charge >= 0.3 is 0 Å². The molecule has 0 spiro atoms. The van der Waals surface area contributed by atoms with Gasteiger partial charge in [-0.3, -0.25) is 4.79 Å². The van der Waals surface area contributed by atoms with E-state index in [0.717, 1.165) is 8.61 Å². The van der Waals surface area contributed by atoms with Gasteiger partial charge in [0.05, 0.1) is 16.0 Å². The van der Waals surface area contributed by atoms with Crippen LogP contribution in [0.5, 0.6) is 5.75 Å². The van der Waals surface area contributed by atoms with Crippen molar-refractivity contribution in [2.24, 2.45) is 5.10 Å². The molecule has 3 aromatic rings. The van der Waals surface area contributed by atoms with Crippen LogP contribution < -0.4 is 5.43 Å². The molecule has 1 fully saturated rings. The van der Waals surface area contributed by atoms with E-state index in [-0.39, 0.29) is 28.6 Å². The number of aromatic hydroxyl groups is 1. The van der Waals surface area contributed by atoms with E-state index in [4.69, 9.17) is 0 Å². The maximum atomic E-state index is 13.4. The molecule has 1 atom stereocenters. The largest absolute Gasteiger partial charge is 0.507 e. The Hall–Kier alpha value is -3.58. The number of rotatable bonds is 7. The lowest BCUT2D eigenvalue weighted by Gasteiger charge is -2.38. The van der Waals surface area contributed by atoms with Crippen LogP contribution in [0.2, 0.25) is 0 Å². The third-order valence-electron chi connectivity index (χ3n) is 5.64. The standard InChI is InChI=1S/C24H24N4O6S2/c29-23-14-8-7-9-19(23)17-25-26-24(30)22-18-27(35(31,32)20-10-3-1-4-11-20)15-16-28(22)36(33,34)21-12-5-2-6-13-21/h1-14,17,22,29H,15-16,18H2,(H,26,30). The number of hydrogen-bond donors (Lipinski definition) is 2. The van der Waals surface area contributed by atoms with Gasteiger partial charge in [0.1, 0.15) is 11.8 Å². The summed E-state index contributed by atoms with van der Waals surface area (Å²) < 4.78 is 55.2. The number of phenolic OH excluding ortho intramolecular Hbond substituents is 1. The summed E-state index contributed by atoms with van der Waals surface area (Å²) in [5.74, 6) is -0.865. The van der Waals surface area contributed by atoms with Crippen LogP contribution in [0.3, 0.4) is 0 Å². The summed E-state index contributed by atoms with van der Waals surface area (Å²) in [4.78, 5) is 13.2. The van der Waals surface area contributed by atoms with Crippen molar-refractivity contribution in [3.05, 3.63) is 90.5 Å². The van der Waals surface area contributed by atoms with E-state index in [1.807, 2.05) is 0 Å². The molecule has 1 amide bonds. The fraction of sp³-hybridized carbons (Fsp3) is 0.167. The van der Waals surface area contributed by atoms with Crippen LogP contribution in [0.1, 0.15) is 5.56 Å². The van der Waals surface area contributed by atoms with Crippen molar-refractivity contribution in [3.63, 3.8) is 0 Å². The van der Waals surface area contributed by atoms with Gasteiger partial charge in [-0.15, -0.1) is 0 Å². The first-order valence-electron chi connectivity index (χ1n) is 10.9. The number of nitrogens with one attached hydrogen (secondary N) is 1. The second-order valence-corrected chi connectivity index (χ2v) is 11.7. The molecule has 1 heterocycles. The minimum atomic E-state index is -4.11. The summed E-state index contributed by atoms with van der Waals surface area (Å²) >= 11 is 0. The summed E-state index contributed by atoms with van der Waals surface area (Å²) in [6.07, 6.45) is 1.21. The fourth-order valence-electron chi connectivity index (χ4n) is 3.77. The Bertz CT molecular complexity index is 1460. The van der Waals surface area contributed by atoms with E-state index in [2.05, 4.69) is 10.5 Å². The number of amides is 1. The monoisotopic (exact) mass is 528 g/mol. The molecule has 3 aromatic carbocycles. The Morgan fingerprint density at radius 2 is 1.39 bits per heavy atom. The van der Waals surface area contributed by atoms with Crippen molar-refractivity contribution in [1.29, 1.82) is 0 Å². The highest BCUT2D eigenvalue weighted by atomic mass is 32.2. The number of nitrogens with zero attached hydrogens (tertiary/aromatic N) is 3. The molecule has 0 aromatic heterocycles. The quantitative estimate of drug-likeness (QED) is 0.353. The van der Waals surface area contributed by atoms with Crippen LogP contribution in [-0.2, 0) is 24.8 Å². The van der Waals surface area contributed by atoms with Crippen molar-refractivity contribution in [1.82, 2.24) is 14.0 Å². The first-order valence-corrected chi connectivity index (χ1v) is 13.8. The molecule has 0 bridgehead atoms. The second kappa shape index (κ2) is 10.6. The number of hydrazone groups is 1. The molecule has 0 saturated carbocycles. The fourth-order valence-corrected chi connectivity index (χ4v) is 6.82. The number of piperazine rings is 1. The molecule has 1 aliphatic heterocycles. The zero-order valence-electron chi connectivity index (χ0n) is 19.0. The maximum absolute atomic E-state index is 13.4. The molecule has 36 heavy (non-hydrogen) atoms. The second-order valence-electron chi connectivity index (χ2n) is 7.91. The van der Waals surface area contributed by atoms with Gasteiger partial charge in [0.15, 0.2) is 0 Å². The lowest BCUT2D eigenvalue weighted by molar-refractivity contribution is -0.125. The molecule has 188 valence electrons. The number of para-hydroxylation sites is 1. The van der Waals surface area contributed by atoms with Crippen molar-refractivity contribution >= 4 is 32.2 Å². The predicted molar refractivity (Wildman–Crippen MR) is 133 cm³/mol. The van der Waals surface area contributed by atoms with Gasteiger partial charge in [0.2, 0.25) is 20.0 Å². The summed E-state index contributed by atoms with van der Waals surface area (Å²) in [5, 5.41) is 13.7. The van der Waals surface area contributed by atoms with Gasteiger partial charge in [-0.2, -0.15) is 13.7 Å². The third kappa shape index (κ3) is 5.31. The minimum absolute atomic E-state index is 0.0140. The normalized spacial score (nSPS) is 17.7. The first-order chi connectivity index (χ1) is 17.2. The van der Waals surface area contributed by atoms with Gasteiger partial charge in [0, 0.05) is 25.2 Å². The molecule has 10 nitrogen and oxygen atoms in total. The van der Waals surface area contributed by atoms with Gasteiger partial charge in [0.25, 0.3) is 5.91 Å². The number of sulfonamides is 2. The summed E-state index contributed by atoms with van der Waals surface area (Å²) in [6, 6.07) is 20.3. The molecule has 1 aliphatic rings. The molecular weight excluding hydrogens is 504 g/mol. The summed E-state index contributed by atoms with van der Waals surface area (Å²) in [5.41, 5.74) is 2.62. The van der Waals surface area contributed by atoms with Gasteiger partial charge in [-0.1, -0.05) is 48.5 Å². The minimum Gasteiger partial charge on any atom is -0.507 e. The predicted octanol–water partition coefficient (Wildman–Crippen LogP) is 1.61. The van der Waals surface area contributed by atoms with Gasteiger partial charge in [-0.25, -0.2) is 22.3 Å². The highest BCUT2D eigenvalue weighted by Gasteiger charge is 2.43. The Labute approximate surface area is 209 Å². The molecule has 0 radical (unpaired) electrons. The third-order valence-corrected chi connectivity index (χ3v) is 9.44. The van der Waals surface area contributed by atoms with Crippen molar-refractivity contribution in [3.8, 4) is 5.75 Å². The van der Waals surface area contributed by atoms with Crippen LogP contribution in [0.15, 0.2) is 99.8 Å². The van der Waals surface area contributed by atoms with Crippen molar-refractivity contribution in [2.45, 2.75) is 15.8 Å². The summed E-state index contributed by atoms with van der Waals surface area (Å²) in [6.45, 7) is -0.764. The molecule has 1 unspecified atom stereocenters. The van der Waals surface area contributed by atoms with E-state index in [1.54, 1.807) is 54.6 Å². The summed E-state index contributed by atoms with van der Waals surface area (Å²) in [7, 11) is -8.09. The van der Waals surface area contributed by atoms with E-state index >= 15 is 0 Å². The molecule has 12 heteroatoms. The zero-order chi connectivity index (χ0) is 25.8. The van der Waals surface area contributed by atoms with Crippen molar-refractivity contribution in [2.75, 3.05) is 19.6 Å². The topological polar surface area (TPSA) is 136 Å². The van der Waals surface area contributed by atoms with Crippen LogP contribution in [0.4, 0.5) is 0 Å².